The van der Waals surface area contributed by atoms with Gasteiger partial charge in [0.05, 0.1) is 16.8 Å². The average molecular weight is 418 g/mol. The van der Waals surface area contributed by atoms with Crippen molar-refractivity contribution >= 4 is 34.3 Å². The Morgan fingerprint density at radius 1 is 0.968 bits per heavy atom. The third-order valence-corrected chi connectivity index (χ3v) is 5.02. The number of carbonyl (C=O) groups excluding carboxylic acids is 3. The van der Waals surface area contributed by atoms with Gasteiger partial charge in [-0.15, -0.1) is 0 Å². The van der Waals surface area contributed by atoms with E-state index in [1.165, 1.54) is 0 Å². The van der Waals surface area contributed by atoms with Crippen molar-refractivity contribution in [2.24, 2.45) is 5.41 Å². The summed E-state index contributed by atoms with van der Waals surface area (Å²) in [6.07, 6.45) is 0. The summed E-state index contributed by atoms with van der Waals surface area (Å²) in [5.74, 6) is -1.02. The van der Waals surface area contributed by atoms with Crippen LogP contribution in [0.15, 0.2) is 48.5 Å². The maximum absolute atomic E-state index is 12.7. The molecule has 2 aromatic carbocycles. The summed E-state index contributed by atoms with van der Waals surface area (Å²) in [6.45, 7) is 8.69. The molecule has 6 heteroatoms. The van der Waals surface area contributed by atoms with Gasteiger partial charge in [-0.05, 0) is 49.7 Å². The first-order chi connectivity index (χ1) is 14.6. The van der Waals surface area contributed by atoms with Crippen LogP contribution < -0.4 is 5.32 Å². The van der Waals surface area contributed by atoms with Gasteiger partial charge in [0.15, 0.2) is 12.4 Å². The third-order valence-electron chi connectivity index (χ3n) is 5.02. The molecule has 1 N–H and O–H groups in total. The highest BCUT2D eigenvalue weighted by Gasteiger charge is 2.22. The number of nitrogens with one attached hydrogen (secondary N) is 1. The van der Waals surface area contributed by atoms with Crippen LogP contribution in [0.1, 0.15) is 52.7 Å². The van der Waals surface area contributed by atoms with Gasteiger partial charge in [0.25, 0.3) is 0 Å². The number of aromatic nitrogens is 1. The number of fused-ring (bicyclic) bond motifs is 1. The highest BCUT2D eigenvalue weighted by molar-refractivity contribution is 6.02. The Labute approximate surface area is 181 Å². The SMILES string of the molecule is Cc1nc2ccccc2c(C)c1C(=O)OCC(=O)c1ccc(NC(=O)C(C)(C)C)cc1. The van der Waals surface area contributed by atoms with Crippen LogP contribution in [-0.4, -0.2) is 29.3 Å². The van der Waals surface area contributed by atoms with Crippen molar-refractivity contribution in [3.8, 4) is 0 Å². The minimum atomic E-state index is -0.573. The quantitative estimate of drug-likeness (QED) is 0.472. The number of aryl methyl sites for hydroxylation is 2. The monoisotopic (exact) mass is 418 g/mol. The standard InChI is InChI=1S/C25H26N2O4/c1-15-19-8-6-7-9-20(19)26-16(2)22(15)23(29)31-14-21(28)17-10-12-18(13-11-17)27-24(30)25(3,4)5/h6-13H,14H2,1-5H3,(H,27,30). The first-order valence-corrected chi connectivity index (χ1v) is 10.1. The van der Waals surface area contributed by atoms with Gasteiger partial charge in [-0.1, -0.05) is 39.0 Å². The van der Waals surface area contributed by atoms with Crippen molar-refractivity contribution in [2.45, 2.75) is 34.6 Å². The molecule has 0 aliphatic carbocycles. The summed E-state index contributed by atoms with van der Waals surface area (Å²) < 4.78 is 5.30. The molecule has 6 nitrogen and oxygen atoms in total. The van der Waals surface area contributed by atoms with Crippen LogP contribution in [-0.2, 0) is 9.53 Å². The highest BCUT2D eigenvalue weighted by atomic mass is 16.5. The number of ketones is 1. The number of anilines is 1. The van der Waals surface area contributed by atoms with Crippen LogP contribution in [0.3, 0.4) is 0 Å². The number of amides is 1. The molecular formula is C25H26N2O4. The molecule has 0 atom stereocenters. The first-order valence-electron chi connectivity index (χ1n) is 10.1. The zero-order valence-electron chi connectivity index (χ0n) is 18.4. The lowest BCUT2D eigenvalue weighted by atomic mass is 9.95. The second-order valence-electron chi connectivity index (χ2n) is 8.50. The molecule has 3 rings (SSSR count). The number of rotatable bonds is 5. The largest absolute Gasteiger partial charge is 0.454 e. The van der Waals surface area contributed by atoms with Gasteiger partial charge in [-0.3, -0.25) is 14.6 Å². The maximum atomic E-state index is 12.7. The van der Waals surface area contributed by atoms with Crippen molar-refractivity contribution in [3.63, 3.8) is 0 Å². The van der Waals surface area contributed by atoms with Crippen LogP contribution in [0, 0.1) is 19.3 Å². The summed E-state index contributed by atoms with van der Waals surface area (Å²) in [5.41, 5.74) is 3.01. The van der Waals surface area contributed by atoms with E-state index in [9.17, 15) is 14.4 Å². The number of carbonyl (C=O) groups is 3. The van der Waals surface area contributed by atoms with Gasteiger partial charge in [-0.25, -0.2) is 4.79 Å². The zero-order chi connectivity index (χ0) is 22.8. The number of benzene rings is 2. The molecule has 0 bridgehead atoms. The molecule has 160 valence electrons. The van der Waals surface area contributed by atoms with Gasteiger partial charge in [0, 0.05) is 22.1 Å². The molecule has 31 heavy (non-hydrogen) atoms. The van der Waals surface area contributed by atoms with Crippen LogP contribution in [0.25, 0.3) is 10.9 Å². The van der Waals surface area contributed by atoms with Crippen molar-refractivity contribution in [1.29, 1.82) is 0 Å². The number of hydrogen-bond donors (Lipinski definition) is 1. The lowest BCUT2D eigenvalue weighted by molar-refractivity contribution is -0.123. The Balaban J connectivity index is 1.68. The van der Waals surface area contributed by atoms with E-state index in [1.807, 2.05) is 52.0 Å². The Hall–Kier alpha value is -3.54. The topological polar surface area (TPSA) is 85.4 Å². The van der Waals surface area contributed by atoms with Crippen molar-refractivity contribution in [2.75, 3.05) is 11.9 Å². The lowest BCUT2D eigenvalue weighted by Crippen LogP contribution is -2.27. The smallest absolute Gasteiger partial charge is 0.340 e. The predicted molar refractivity (Wildman–Crippen MR) is 120 cm³/mol. The van der Waals surface area contributed by atoms with E-state index in [-0.39, 0.29) is 18.3 Å². The molecule has 1 heterocycles. The molecular weight excluding hydrogens is 392 g/mol. The van der Waals surface area contributed by atoms with Crippen molar-refractivity contribution in [3.05, 3.63) is 70.9 Å². The van der Waals surface area contributed by atoms with E-state index >= 15 is 0 Å². The van der Waals surface area contributed by atoms with Gasteiger partial charge < -0.3 is 10.1 Å². The second-order valence-corrected chi connectivity index (χ2v) is 8.50. The molecule has 0 saturated carbocycles. The van der Waals surface area contributed by atoms with Crippen LogP contribution in [0.5, 0.6) is 0 Å². The molecule has 0 saturated heterocycles. The van der Waals surface area contributed by atoms with E-state index in [0.717, 1.165) is 16.5 Å². The summed E-state index contributed by atoms with van der Waals surface area (Å²) in [6, 6.07) is 14.1. The van der Waals surface area contributed by atoms with Gasteiger partial charge in [-0.2, -0.15) is 0 Å². The van der Waals surface area contributed by atoms with Gasteiger partial charge >= 0.3 is 5.97 Å². The second kappa shape index (κ2) is 8.68. The first kappa shape index (κ1) is 22.2. The van der Waals surface area contributed by atoms with Crippen molar-refractivity contribution in [1.82, 2.24) is 4.98 Å². The molecule has 1 aromatic heterocycles. The molecule has 0 aliphatic heterocycles. The Bertz CT molecular complexity index is 1160. The fourth-order valence-corrected chi connectivity index (χ4v) is 3.18. The third kappa shape index (κ3) is 4.97. The van der Waals surface area contributed by atoms with E-state index in [4.69, 9.17) is 4.74 Å². The maximum Gasteiger partial charge on any atom is 0.340 e. The molecule has 0 unspecified atom stereocenters. The number of nitrogens with zero attached hydrogens (tertiary/aromatic N) is 1. The lowest BCUT2D eigenvalue weighted by Gasteiger charge is -2.17. The van der Waals surface area contributed by atoms with Gasteiger partial charge in [0.2, 0.25) is 5.91 Å². The fraction of sp³-hybridized carbons (Fsp3) is 0.280. The minimum Gasteiger partial charge on any atom is -0.454 e. The predicted octanol–water partition coefficient (Wildman–Crippen LogP) is 4.88. The fourth-order valence-electron chi connectivity index (χ4n) is 3.18. The molecule has 3 aromatic rings. The van der Waals surface area contributed by atoms with E-state index in [0.29, 0.717) is 22.5 Å². The minimum absolute atomic E-state index is 0.116. The van der Waals surface area contributed by atoms with Gasteiger partial charge in [0.1, 0.15) is 0 Å². The van der Waals surface area contributed by atoms with Crippen LogP contribution >= 0.6 is 0 Å². The normalized spacial score (nSPS) is 11.3. The summed E-state index contributed by atoms with van der Waals surface area (Å²) in [7, 11) is 0. The number of Topliss-reactive ketones (excluding diaryl/α,β-unsaturated/α-hetero) is 1. The Kier molecular flexibility index (Phi) is 6.20. The number of para-hydroxylation sites is 1. The number of esters is 1. The Morgan fingerprint density at radius 3 is 2.26 bits per heavy atom. The van der Waals surface area contributed by atoms with Crippen molar-refractivity contribution < 1.29 is 19.1 Å². The summed E-state index contributed by atoms with van der Waals surface area (Å²) in [5, 5.41) is 3.68. The summed E-state index contributed by atoms with van der Waals surface area (Å²) >= 11 is 0. The average Bonchev–Trinajstić information content (AvgIpc) is 2.72. The highest BCUT2D eigenvalue weighted by Crippen LogP contribution is 2.23. The van der Waals surface area contributed by atoms with Crippen LogP contribution in [0.4, 0.5) is 5.69 Å². The van der Waals surface area contributed by atoms with Crippen LogP contribution in [0.2, 0.25) is 0 Å². The molecule has 0 spiro atoms. The summed E-state index contributed by atoms with van der Waals surface area (Å²) in [4.78, 5) is 41.7. The van der Waals surface area contributed by atoms with E-state index in [2.05, 4.69) is 10.3 Å². The number of pyridine rings is 1. The van der Waals surface area contributed by atoms with E-state index in [1.54, 1.807) is 31.2 Å². The zero-order valence-corrected chi connectivity index (χ0v) is 18.4. The Morgan fingerprint density at radius 2 is 1.61 bits per heavy atom. The molecule has 0 radical (unpaired) electrons. The number of ether oxygens (including phenoxy) is 1. The molecule has 1 amide bonds. The van der Waals surface area contributed by atoms with E-state index < -0.39 is 11.4 Å². The molecule has 0 fully saturated rings. The number of hydrogen-bond acceptors (Lipinski definition) is 5. The molecule has 0 aliphatic rings.